The fraction of sp³-hybridized carbons (Fsp3) is 0.611. The number of rotatable bonds is 5. The minimum absolute atomic E-state index is 0.0218. The van der Waals surface area contributed by atoms with Gasteiger partial charge in [0.1, 0.15) is 15.9 Å². The summed E-state index contributed by atoms with van der Waals surface area (Å²) in [6.07, 6.45) is 0.988. The van der Waals surface area contributed by atoms with Crippen LogP contribution in [-0.4, -0.2) is 70.7 Å². The van der Waals surface area contributed by atoms with Gasteiger partial charge >= 0.3 is 0 Å². The summed E-state index contributed by atoms with van der Waals surface area (Å²) in [6, 6.07) is 5.20. The number of β-lactam (4-membered cyclic amide) rings is 1. The largest absolute Gasteiger partial charge is 0.369 e. The number of nitrogens with zero attached hydrogens (tertiary/aromatic N) is 4. The minimum atomic E-state index is -3.63. The lowest BCUT2D eigenvalue weighted by Crippen LogP contribution is -2.70. The van der Waals surface area contributed by atoms with Gasteiger partial charge in [-0.1, -0.05) is 6.07 Å². The average molecular weight is 425 g/mol. The molecule has 0 bridgehead atoms. The molecule has 1 amide bonds. The van der Waals surface area contributed by atoms with Crippen molar-refractivity contribution >= 4 is 38.7 Å². The van der Waals surface area contributed by atoms with Crippen molar-refractivity contribution in [1.82, 2.24) is 18.0 Å². The van der Waals surface area contributed by atoms with Gasteiger partial charge in [-0.2, -0.15) is 13.1 Å². The van der Waals surface area contributed by atoms with E-state index in [0.29, 0.717) is 37.0 Å². The number of amides is 1. The van der Waals surface area contributed by atoms with Crippen molar-refractivity contribution in [2.45, 2.75) is 49.8 Å². The molecule has 0 radical (unpaired) electrons. The zero-order chi connectivity index (χ0) is 20.1. The van der Waals surface area contributed by atoms with Gasteiger partial charge in [-0.05, 0) is 44.7 Å². The molecule has 0 unspecified atom stereocenters. The number of hydrogen-bond donors (Lipinski definition) is 0. The normalized spacial score (nSPS) is 24.9. The number of ether oxygens (including phenoxy) is 1. The van der Waals surface area contributed by atoms with Gasteiger partial charge in [0.2, 0.25) is 10.0 Å². The Morgan fingerprint density at radius 1 is 1.21 bits per heavy atom. The molecule has 0 aliphatic carbocycles. The molecule has 8 nitrogen and oxygen atoms in total. The van der Waals surface area contributed by atoms with Crippen LogP contribution in [0.1, 0.15) is 26.7 Å². The molecule has 4 rings (SSSR count). The van der Waals surface area contributed by atoms with Crippen LogP contribution in [0.3, 0.4) is 0 Å². The molecular formula is C18H24N4O4S2. The molecule has 28 heavy (non-hydrogen) atoms. The SMILES string of the molecule is CO[C@H]1C(=O)N(C(C)C)[C@H]1C1CCN(S(=O)(=O)c2cccc3nsnc23)CC1. The number of sulfonamides is 1. The highest BCUT2D eigenvalue weighted by atomic mass is 32.2. The summed E-state index contributed by atoms with van der Waals surface area (Å²) in [5, 5.41) is 0. The first-order valence-corrected chi connectivity index (χ1v) is 11.6. The summed E-state index contributed by atoms with van der Waals surface area (Å²) >= 11 is 1.02. The molecule has 2 aromatic rings. The van der Waals surface area contributed by atoms with Crippen LogP contribution < -0.4 is 0 Å². The highest BCUT2D eigenvalue weighted by molar-refractivity contribution is 7.89. The van der Waals surface area contributed by atoms with Crippen LogP contribution in [-0.2, 0) is 19.6 Å². The van der Waals surface area contributed by atoms with Crippen molar-refractivity contribution in [1.29, 1.82) is 0 Å². The van der Waals surface area contributed by atoms with Crippen LogP contribution in [0.25, 0.3) is 11.0 Å². The molecule has 2 fully saturated rings. The molecule has 1 aromatic carbocycles. The summed E-state index contributed by atoms with van der Waals surface area (Å²) in [7, 11) is -2.07. The number of methoxy groups -OCH3 is 1. The van der Waals surface area contributed by atoms with E-state index in [-0.39, 0.29) is 28.8 Å². The first-order chi connectivity index (χ1) is 13.4. The Bertz CT molecular complexity index is 982. The Kier molecular flexibility index (Phi) is 5.15. The lowest BCUT2D eigenvalue weighted by Gasteiger charge is -2.53. The summed E-state index contributed by atoms with van der Waals surface area (Å²) in [6.45, 7) is 4.85. The van der Waals surface area contributed by atoms with E-state index in [9.17, 15) is 13.2 Å². The first kappa shape index (κ1) is 19.7. The van der Waals surface area contributed by atoms with E-state index in [1.54, 1.807) is 25.3 Å². The third-order valence-corrected chi connectivity index (χ3v) is 8.26. The monoisotopic (exact) mass is 424 g/mol. The first-order valence-electron chi connectivity index (χ1n) is 9.42. The van der Waals surface area contributed by atoms with Gasteiger partial charge in [0.05, 0.1) is 17.8 Å². The topological polar surface area (TPSA) is 92.7 Å². The maximum atomic E-state index is 13.2. The van der Waals surface area contributed by atoms with Gasteiger partial charge in [0, 0.05) is 26.2 Å². The van der Waals surface area contributed by atoms with Crippen LogP contribution in [0, 0.1) is 5.92 Å². The summed E-state index contributed by atoms with van der Waals surface area (Å²) < 4.78 is 41.6. The molecule has 0 saturated carbocycles. The predicted octanol–water partition coefficient (Wildman–Crippen LogP) is 1.73. The number of fused-ring (bicyclic) bond motifs is 1. The van der Waals surface area contributed by atoms with Crippen molar-refractivity contribution in [3.63, 3.8) is 0 Å². The summed E-state index contributed by atoms with van der Waals surface area (Å²) in [5.41, 5.74) is 1.04. The number of benzene rings is 1. The summed E-state index contributed by atoms with van der Waals surface area (Å²) in [5.74, 6) is 0.258. The van der Waals surface area contributed by atoms with Crippen molar-refractivity contribution in [2.24, 2.45) is 5.92 Å². The smallest absolute Gasteiger partial charge is 0.254 e. The van der Waals surface area contributed by atoms with Crippen LogP contribution >= 0.6 is 11.7 Å². The third-order valence-electron chi connectivity index (χ3n) is 5.79. The van der Waals surface area contributed by atoms with E-state index in [4.69, 9.17) is 4.74 Å². The summed E-state index contributed by atoms with van der Waals surface area (Å²) in [4.78, 5) is 14.4. The molecule has 0 spiro atoms. The Balaban J connectivity index is 1.51. The second-order valence-electron chi connectivity index (χ2n) is 7.62. The molecular weight excluding hydrogens is 400 g/mol. The van der Waals surface area contributed by atoms with Crippen LogP contribution in [0.4, 0.5) is 0 Å². The molecule has 0 N–H and O–H groups in total. The average Bonchev–Trinajstić information content (AvgIpc) is 3.14. The number of carbonyl (C=O) groups excluding carboxylic acids is 1. The molecule has 152 valence electrons. The lowest BCUT2D eigenvalue weighted by atomic mass is 9.79. The van der Waals surface area contributed by atoms with E-state index in [0.717, 1.165) is 11.7 Å². The number of likely N-dealkylation sites (tertiary alicyclic amines) is 1. The zero-order valence-corrected chi connectivity index (χ0v) is 17.7. The molecule has 10 heteroatoms. The molecule has 3 heterocycles. The van der Waals surface area contributed by atoms with E-state index < -0.39 is 16.1 Å². The van der Waals surface area contributed by atoms with Gasteiger partial charge in [0.25, 0.3) is 5.91 Å². The maximum absolute atomic E-state index is 13.2. The molecule has 2 atom stereocenters. The van der Waals surface area contributed by atoms with Gasteiger partial charge in [0.15, 0.2) is 6.10 Å². The Hall–Kier alpha value is -1.62. The van der Waals surface area contributed by atoms with Gasteiger partial charge in [-0.25, -0.2) is 8.42 Å². The Morgan fingerprint density at radius 2 is 1.93 bits per heavy atom. The fourth-order valence-corrected chi connectivity index (χ4v) is 6.63. The van der Waals surface area contributed by atoms with Crippen molar-refractivity contribution in [2.75, 3.05) is 20.2 Å². The molecule has 1 aromatic heterocycles. The number of hydrogen-bond acceptors (Lipinski definition) is 7. The fourth-order valence-electron chi connectivity index (χ4n) is 4.40. The van der Waals surface area contributed by atoms with Crippen molar-refractivity contribution in [3.8, 4) is 0 Å². The standard InChI is InChI=1S/C18H24N4O4S2/c1-11(2)22-16(17(26-3)18(22)23)12-7-9-21(10-8-12)28(24,25)14-6-4-5-13-15(14)20-27-19-13/h4-6,11-12,16-17H,7-10H2,1-3H3/t16-,17+/m0/s1. The lowest BCUT2D eigenvalue weighted by molar-refractivity contribution is -0.181. The van der Waals surface area contributed by atoms with Gasteiger partial charge in [-0.3, -0.25) is 4.79 Å². The van der Waals surface area contributed by atoms with Crippen LogP contribution in [0.2, 0.25) is 0 Å². The maximum Gasteiger partial charge on any atom is 0.254 e. The van der Waals surface area contributed by atoms with Crippen molar-refractivity contribution in [3.05, 3.63) is 18.2 Å². The van der Waals surface area contributed by atoms with Gasteiger partial charge < -0.3 is 9.64 Å². The highest BCUT2D eigenvalue weighted by Crippen LogP contribution is 2.37. The third kappa shape index (κ3) is 3.02. The van der Waals surface area contributed by atoms with E-state index in [1.165, 1.54) is 4.31 Å². The predicted molar refractivity (Wildman–Crippen MR) is 105 cm³/mol. The molecule has 2 aliphatic rings. The van der Waals surface area contributed by atoms with Crippen LogP contribution in [0.5, 0.6) is 0 Å². The second-order valence-corrected chi connectivity index (χ2v) is 10.1. The van der Waals surface area contributed by atoms with Gasteiger partial charge in [-0.15, -0.1) is 0 Å². The minimum Gasteiger partial charge on any atom is -0.369 e. The van der Waals surface area contributed by atoms with Crippen molar-refractivity contribution < 1.29 is 17.9 Å². The zero-order valence-electron chi connectivity index (χ0n) is 16.1. The van der Waals surface area contributed by atoms with Crippen LogP contribution in [0.15, 0.2) is 23.1 Å². The second kappa shape index (κ2) is 7.33. The van der Waals surface area contributed by atoms with E-state index >= 15 is 0 Å². The quantitative estimate of drug-likeness (QED) is 0.679. The number of carbonyl (C=O) groups is 1. The Morgan fingerprint density at radius 3 is 2.57 bits per heavy atom. The number of piperidine rings is 1. The van der Waals surface area contributed by atoms with E-state index in [2.05, 4.69) is 8.75 Å². The Labute approximate surface area is 168 Å². The molecule has 2 aliphatic heterocycles. The highest BCUT2D eigenvalue weighted by Gasteiger charge is 2.53. The molecule has 2 saturated heterocycles. The number of aromatic nitrogens is 2. The van der Waals surface area contributed by atoms with E-state index in [1.807, 2.05) is 18.7 Å².